The van der Waals surface area contributed by atoms with Crippen LogP contribution in [-0.2, 0) is 0 Å². The van der Waals surface area contributed by atoms with Crippen molar-refractivity contribution < 1.29 is 0 Å². The van der Waals surface area contributed by atoms with E-state index in [0.29, 0.717) is 0 Å². The van der Waals surface area contributed by atoms with E-state index in [1.165, 1.54) is 116 Å². The molecule has 0 bridgehead atoms. The van der Waals surface area contributed by atoms with Crippen LogP contribution >= 0.6 is 0 Å². The molecule has 0 spiro atoms. The largest absolute Gasteiger partial charge is 0.311 e. The topological polar surface area (TPSA) is 12.0 Å². The predicted molar refractivity (Wildman–Crippen MR) is 103 cm³/mol. The standard InChI is InChI=1S/C22H41N/c1-2-4-6-10-14-18-21(17-13-9-5-3-1)23-22-19-15-11-7-8-12-16-20-22/h5,9,21-23H,1-4,6-8,10-20H2/b9-5-. The number of nitrogens with one attached hydrogen (secondary N) is 1. The summed E-state index contributed by atoms with van der Waals surface area (Å²) in [7, 11) is 0. The number of hydrogen-bond acceptors (Lipinski definition) is 1. The first kappa shape index (κ1) is 19.0. The van der Waals surface area contributed by atoms with Gasteiger partial charge in [0.1, 0.15) is 0 Å². The van der Waals surface area contributed by atoms with Crippen molar-refractivity contribution in [2.75, 3.05) is 0 Å². The lowest BCUT2D eigenvalue weighted by Gasteiger charge is -2.26. The van der Waals surface area contributed by atoms with E-state index in [-0.39, 0.29) is 0 Å². The van der Waals surface area contributed by atoms with Gasteiger partial charge in [-0.15, -0.1) is 0 Å². The van der Waals surface area contributed by atoms with E-state index >= 15 is 0 Å². The molecular weight excluding hydrogens is 278 g/mol. The fourth-order valence-electron chi connectivity index (χ4n) is 4.34. The SMILES string of the molecule is C1=C\CCC(NC2CCCCCCCC2)CCCCCCCC/1. The predicted octanol–water partition coefficient (Wildman–Crippen LogP) is 6.92. The second kappa shape index (κ2) is 13.0. The Morgan fingerprint density at radius 1 is 0.435 bits per heavy atom. The summed E-state index contributed by atoms with van der Waals surface area (Å²) >= 11 is 0. The van der Waals surface area contributed by atoms with Crippen LogP contribution in [0, 0.1) is 0 Å². The maximum Gasteiger partial charge on any atom is 0.00726 e. The fraction of sp³-hybridized carbons (Fsp3) is 0.909. The fourth-order valence-corrected chi connectivity index (χ4v) is 4.34. The number of rotatable bonds is 2. The van der Waals surface area contributed by atoms with Gasteiger partial charge in [0.2, 0.25) is 0 Å². The Balaban J connectivity index is 1.78. The van der Waals surface area contributed by atoms with Crippen LogP contribution in [0.25, 0.3) is 0 Å². The molecule has 1 unspecified atom stereocenters. The molecule has 1 N–H and O–H groups in total. The first-order chi connectivity index (χ1) is 11.4. The molecule has 0 aromatic carbocycles. The molecule has 0 saturated heterocycles. The zero-order chi connectivity index (χ0) is 16.0. The van der Waals surface area contributed by atoms with Gasteiger partial charge in [0.05, 0.1) is 0 Å². The molecule has 0 radical (unpaired) electrons. The second-order valence-corrected chi connectivity index (χ2v) is 8.01. The minimum atomic E-state index is 0.770. The lowest BCUT2D eigenvalue weighted by atomic mass is 9.98. The minimum Gasteiger partial charge on any atom is -0.311 e. The summed E-state index contributed by atoms with van der Waals surface area (Å²) in [5.41, 5.74) is 0. The monoisotopic (exact) mass is 319 g/mol. The van der Waals surface area contributed by atoms with Gasteiger partial charge in [-0.25, -0.2) is 0 Å². The summed E-state index contributed by atoms with van der Waals surface area (Å²) in [6.45, 7) is 0. The van der Waals surface area contributed by atoms with Gasteiger partial charge in [-0.05, 0) is 44.9 Å². The van der Waals surface area contributed by atoms with Crippen LogP contribution in [0.15, 0.2) is 12.2 Å². The number of allylic oxidation sites excluding steroid dienone is 2. The van der Waals surface area contributed by atoms with Crippen LogP contribution in [-0.4, -0.2) is 12.1 Å². The van der Waals surface area contributed by atoms with E-state index in [1.54, 1.807) is 0 Å². The van der Waals surface area contributed by atoms with Crippen LogP contribution in [0.4, 0.5) is 0 Å². The van der Waals surface area contributed by atoms with Crippen molar-refractivity contribution in [3.8, 4) is 0 Å². The summed E-state index contributed by atoms with van der Waals surface area (Å²) in [5, 5.41) is 4.09. The Bertz CT molecular complexity index is 286. The smallest absolute Gasteiger partial charge is 0.00726 e. The minimum absolute atomic E-state index is 0.770. The molecule has 0 aliphatic heterocycles. The average Bonchev–Trinajstić information content (AvgIpc) is 2.70. The van der Waals surface area contributed by atoms with E-state index < -0.39 is 0 Å². The molecule has 0 aromatic rings. The van der Waals surface area contributed by atoms with Crippen molar-refractivity contribution in [3.05, 3.63) is 12.2 Å². The quantitative estimate of drug-likeness (QED) is 0.545. The molecule has 0 heterocycles. The molecule has 1 fully saturated rings. The summed E-state index contributed by atoms with van der Waals surface area (Å²) in [6, 6.07) is 1.57. The first-order valence-electron chi connectivity index (χ1n) is 10.9. The van der Waals surface area contributed by atoms with E-state index in [0.717, 1.165) is 12.1 Å². The molecule has 0 amide bonds. The Labute approximate surface area is 145 Å². The molecule has 1 saturated carbocycles. The maximum absolute atomic E-state index is 4.09. The third kappa shape index (κ3) is 9.55. The molecule has 2 rings (SSSR count). The Morgan fingerprint density at radius 3 is 1.48 bits per heavy atom. The van der Waals surface area contributed by atoms with Crippen LogP contribution < -0.4 is 5.32 Å². The van der Waals surface area contributed by atoms with Crippen LogP contribution in [0.1, 0.15) is 116 Å². The van der Waals surface area contributed by atoms with Gasteiger partial charge in [-0.2, -0.15) is 0 Å². The van der Waals surface area contributed by atoms with Crippen molar-refractivity contribution in [1.29, 1.82) is 0 Å². The Morgan fingerprint density at radius 2 is 0.870 bits per heavy atom. The highest BCUT2D eigenvalue weighted by atomic mass is 14.9. The van der Waals surface area contributed by atoms with Gasteiger partial charge in [0.15, 0.2) is 0 Å². The molecular formula is C22H41N. The molecule has 1 heteroatoms. The normalized spacial score (nSPS) is 29.1. The van der Waals surface area contributed by atoms with E-state index in [9.17, 15) is 0 Å². The van der Waals surface area contributed by atoms with Crippen LogP contribution in [0.2, 0.25) is 0 Å². The van der Waals surface area contributed by atoms with Crippen LogP contribution in [0.3, 0.4) is 0 Å². The molecule has 134 valence electrons. The molecule has 0 aromatic heterocycles. The summed E-state index contributed by atoms with van der Waals surface area (Å²) < 4.78 is 0. The summed E-state index contributed by atoms with van der Waals surface area (Å²) in [6.07, 6.45) is 30.5. The first-order valence-corrected chi connectivity index (χ1v) is 10.9. The second-order valence-electron chi connectivity index (χ2n) is 8.01. The molecule has 23 heavy (non-hydrogen) atoms. The van der Waals surface area contributed by atoms with E-state index in [4.69, 9.17) is 0 Å². The summed E-state index contributed by atoms with van der Waals surface area (Å²) in [4.78, 5) is 0. The van der Waals surface area contributed by atoms with Crippen molar-refractivity contribution in [1.82, 2.24) is 5.32 Å². The van der Waals surface area contributed by atoms with Crippen molar-refractivity contribution >= 4 is 0 Å². The van der Waals surface area contributed by atoms with Gasteiger partial charge in [-0.3, -0.25) is 0 Å². The van der Waals surface area contributed by atoms with Gasteiger partial charge < -0.3 is 5.32 Å². The molecule has 1 atom stereocenters. The van der Waals surface area contributed by atoms with Crippen LogP contribution in [0.5, 0.6) is 0 Å². The zero-order valence-electron chi connectivity index (χ0n) is 15.5. The Hall–Kier alpha value is -0.300. The lowest BCUT2D eigenvalue weighted by molar-refractivity contribution is 0.345. The van der Waals surface area contributed by atoms with E-state index in [1.807, 2.05) is 0 Å². The molecule has 2 aliphatic rings. The Kier molecular flexibility index (Phi) is 10.8. The summed E-state index contributed by atoms with van der Waals surface area (Å²) in [5.74, 6) is 0. The van der Waals surface area contributed by atoms with Crippen molar-refractivity contribution in [2.24, 2.45) is 0 Å². The highest BCUT2D eigenvalue weighted by molar-refractivity contribution is 4.85. The highest BCUT2D eigenvalue weighted by Crippen LogP contribution is 2.20. The third-order valence-corrected chi connectivity index (χ3v) is 5.85. The zero-order valence-corrected chi connectivity index (χ0v) is 15.5. The third-order valence-electron chi connectivity index (χ3n) is 5.85. The maximum atomic E-state index is 4.09. The molecule has 2 aliphatic carbocycles. The highest BCUT2D eigenvalue weighted by Gasteiger charge is 2.15. The lowest BCUT2D eigenvalue weighted by Crippen LogP contribution is -2.38. The number of hydrogen-bond donors (Lipinski definition) is 1. The average molecular weight is 320 g/mol. The van der Waals surface area contributed by atoms with Gasteiger partial charge in [0, 0.05) is 12.1 Å². The van der Waals surface area contributed by atoms with Gasteiger partial charge in [0.25, 0.3) is 0 Å². The van der Waals surface area contributed by atoms with Crippen molar-refractivity contribution in [3.63, 3.8) is 0 Å². The van der Waals surface area contributed by atoms with Gasteiger partial charge >= 0.3 is 0 Å². The van der Waals surface area contributed by atoms with Gasteiger partial charge in [-0.1, -0.05) is 82.8 Å². The van der Waals surface area contributed by atoms with Crippen molar-refractivity contribution in [2.45, 2.75) is 128 Å². The molecule has 1 nitrogen and oxygen atoms in total. The van der Waals surface area contributed by atoms with E-state index in [2.05, 4.69) is 17.5 Å².